The van der Waals surface area contributed by atoms with E-state index in [1.807, 2.05) is 32.0 Å². The normalized spacial score (nSPS) is 10.4. The van der Waals surface area contributed by atoms with Crippen molar-refractivity contribution in [3.8, 4) is 28.5 Å². The minimum Gasteiger partial charge on any atom is -0.493 e. The van der Waals surface area contributed by atoms with Crippen molar-refractivity contribution in [3.05, 3.63) is 66.6 Å². The molecule has 0 unspecified atom stereocenters. The number of aromatic nitrogens is 2. The zero-order valence-electron chi connectivity index (χ0n) is 15.5. The average molecular weight is 362 g/mol. The smallest absolute Gasteiger partial charge is 0.227 e. The van der Waals surface area contributed by atoms with E-state index in [0.29, 0.717) is 30.2 Å². The Morgan fingerprint density at radius 3 is 2.56 bits per heavy atom. The second-order valence-electron chi connectivity index (χ2n) is 5.96. The van der Waals surface area contributed by atoms with Crippen molar-refractivity contribution >= 4 is 5.78 Å². The zero-order chi connectivity index (χ0) is 19.1. The van der Waals surface area contributed by atoms with Gasteiger partial charge in [0.25, 0.3) is 0 Å². The van der Waals surface area contributed by atoms with Crippen LogP contribution in [-0.4, -0.2) is 22.4 Å². The molecule has 0 spiro atoms. The van der Waals surface area contributed by atoms with Gasteiger partial charge in [-0.15, -0.1) is 0 Å². The number of Topliss-reactive ketones (excluding diaryl/α,β-unsaturated/α-hetero) is 1. The summed E-state index contributed by atoms with van der Waals surface area (Å²) in [6.45, 7) is 4.49. The Morgan fingerprint density at radius 2 is 1.81 bits per heavy atom. The maximum absolute atomic E-state index is 12.0. The second kappa shape index (κ2) is 8.94. The third kappa shape index (κ3) is 4.50. The topological polar surface area (TPSA) is 61.3 Å². The molecule has 27 heavy (non-hydrogen) atoms. The number of ketones is 1. The summed E-state index contributed by atoms with van der Waals surface area (Å²) in [4.78, 5) is 20.5. The van der Waals surface area contributed by atoms with Gasteiger partial charge in [0.1, 0.15) is 11.5 Å². The molecule has 3 rings (SSSR count). The van der Waals surface area contributed by atoms with E-state index in [1.54, 1.807) is 42.9 Å². The first kappa shape index (κ1) is 18.6. The number of hydrogen-bond acceptors (Lipinski definition) is 5. The summed E-state index contributed by atoms with van der Waals surface area (Å²) in [6, 6.07) is 12.7. The van der Waals surface area contributed by atoms with Crippen molar-refractivity contribution in [1.29, 1.82) is 0 Å². The zero-order valence-corrected chi connectivity index (χ0v) is 15.5. The molecule has 0 N–H and O–H groups in total. The molecule has 0 saturated heterocycles. The number of carbonyl (C=O) groups is 1. The van der Waals surface area contributed by atoms with Crippen molar-refractivity contribution in [2.24, 2.45) is 0 Å². The van der Waals surface area contributed by atoms with Crippen LogP contribution in [0.5, 0.6) is 17.4 Å². The molecule has 2 heterocycles. The lowest BCUT2D eigenvalue weighted by Crippen LogP contribution is -1.99. The lowest BCUT2D eigenvalue weighted by Gasteiger charge is -2.13. The van der Waals surface area contributed by atoms with Gasteiger partial charge in [-0.2, -0.15) is 0 Å². The van der Waals surface area contributed by atoms with Crippen LogP contribution in [0.15, 0.2) is 61.1 Å². The van der Waals surface area contributed by atoms with Crippen molar-refractivity contribution < 1.29 is 14.3 Å². The van der Waals surface area contributed by atoms with Gasteiger partial charge in [0.2, 0.25) is 5.88 Å². The van der Waals surface area contributed by atoms with Crippen LogP contribution in [0.2, 0.25) is 0 Å². The van der Waals surface area contributed by atoms with Gasteiger partial charge in [0.15, 0.2) is 5.78 Å². The number of pyridine rings is 2. The molecule has 0 radical (unpaired) electrons. The molecule has 0 aliphatic heterocycles. The second-order valence-corrected chi connectivity index (χ2v) is 5.96. The van der Waals surface area contributed by atoms with E-state index in [2.05, 4.69) is 9.97 Å². The molecular formula is C22H22N2O3. The number of hydrogen-bond donors (Lipinski definition) is 0. The van der Waals surface area contributed by atoms with E-state index in [1.165, 1.54) is 0 Å². The van der Waals surface area contributed by atoms with Crippen LogP contribution >= 0.6 is 0 Å². The summed E-state index contributed by atoms with van der Waals surface area (Å²) < 4.78 is 11.7. The molecular weight excluding hydrogens is 340 g/mol. The quantitative estimate of drug-likeness (QED) is 0.508. The van der Waals surface area contributed by atoms with E-state index in [-0.39, 0.29) is 5.78 Å². The molecule has 0 fully saturated rings. The third-order valence-electron chi connectivity index (χ3n) is 4.01. The molecule has 5 heteroatoms. The van der Waals surface area contributed by atoms with E-state index in [0.717, 1.165) is 23.3 Å². The van der Waals surface area contributed by atoms with Gasteiger partial charge in [-0.05, 0) is 55.8 Å². The Labute approximate surface area is 159 Å². The molecule has 0 aliphatic rings. The number of carbonyl (C=O) groups excluding carboxylic acids is 1. The molecule has 138 valence electrons. The van der Waals surface area contributed by atoms with Crippen LogP contribution in [0.4, 0.5) is 0 Å². The van der Waals surface area contributed by atoms with Gasteiger partial charge in [-0.3, -0.25) is 9.78 Å². The number of rotatable bonds is 8. The van der Waals surface area contributed by atoms with Gasteiger partial charge in [0, 0.05) is 41.7 Å². The Bertz CT molecular complexity index is 907. The predicted octanol–water partition coefficient (Wildman–Crippen LogP) is 5.32. The van der Waals surface area contributed by atoms with Gasteiger partial charge >= 0.3 is 0 Å². The van der Waals surface area contributed by atoms with Crippen LogP contribution in [-0.2, 0) is 0 Å². The molecule has 0 saturated carbocycles. The largest absolute Gasteiger partial charge is 0.493 e. The first-order chi connectivity index (χ1) is 13.2. The molecule has 2 aromatic heterocycles. The van der Waals surface area contributed by atoms with E-state index in [9.17, 15) is 4.79 Å². The summed E-state index contributed by atoms with van der Waals surface area (Å²) in [5, 5.41) is 0. The van der Waals surface area contributed by atoms with Crippen LogP contribution < -0.4 is 9.47 Å². The SMILES string of the molecule is CCCC(=O)c1ccc(Oc2ncccc2-c2cnccc2OCC)cc1. The third-order valence-corrected chi connectivity index (χ3v) is 4.01. The van der Waals surface area contributed by atoms with Crippen molar-refractivity contribution in [2.75, 3.05) is 6.61 Å². The van der Waals surface area contributed by atoms with E-state index >= 15 is 0 Å². The fourth-order valence-corrected chi connectivity index (χ4v) is 2.73. The fourth-order valence-electron chi connectivity index (χ4n) is 2.73. The van der Waals surface area contributed by atoms with Crippen LogP contribution in [0, 0.1) is 0 Å². The van der Waals surface area contributed by atoms with Gasteiger partial charge in [-0.1, -0.05) is 6.92 Å². The minimum absolute atomic E-state index is 0.138. The number of benzene rings is 1. The average Bonchev–Trinajstić information content (AvgIpc) is 2.70. The van der Waals surface area contributed by atoms with Crippen LogP contribution in [0.1, 0.15) is 37.0 Å². The van der Waals surface area contributed by atoms with E-state index < -0.39 is 0 Å². The highest BCUT2D eigenvalue weighted by Crippen LogP contribution is 2.36. The predicted molar refractivity (Wildman–Crippen MR) is 104 cm³/mol. The maximum atomic E-state index is 12.0. The van der Waals surface area contributed by atoms with Crippen molar-refractivity contribution in [2.45, 2.75) is 26.7 Å². The first-order valence-electron chi connectivity index (χ1n) is 9.06. The summed E-state index contributed by atoms with van der Waals surface area (Å²) in [6.07, 6.45) is 6.49. The highest BCUT2D eigenvalue weighted by Gasteiger charge is 2.14. The summed E-state index contributed by atoms with van der Waals surface area (Å²) in [5.41, 5.74) is 2.30. The number of nitrogens with zero attached hydrogens (tertiary/aromatic N) is 2. The first-order valence-corrected chi connectivity index (χ1v) is 9.06. The highest BCUT2D eigenvalue weighted by molar-refractivity contribution is 5.96. The van der Waals surface area contributed by atoms with Crippen LogP contribution in [0.3, 0.4) is 0 Å². The van der Waals surface area contributed by atoms with Crippen molar-refractivity contribution in [3.63, 3.8) is 0 Å². The summed E-state index contributed by atoms with van der Waals surface area (Å²) in [5.74, 6) is 1.94. The van der Waals surface area contributed by atoms with Gasteiger partial charge in [-0.25, -0.2) is 4.98 Å². The Morgan fingerprint density at radius 1 is 1.00 bits per heavy atom. The lowest BCUT2D eigenvalue weighted by molar-refractivity contribution is 0.0981. The Hall–Kier alpha value is -3.21. The molecule has 0 bridgehead atoms. The highest BCUT2D eigenvalue weighted by atomic mass is 16.5. The standard InChI is InChI=1S/C22H22N2O3/c1-3-6-20(25)16-8-10-17(11-9-16)27-22-18(7-5-13-24-22)19-15-23-14-12-21(19)26-4-2/h5,7-15H,3-4,6H2,1-2H3. The fraction of sp³-hybridized carbons (Fsp3) is 0.227. The monoisotopic (exact) mass is 362 g/mol. The summed E-state index contributed by atoms with van der Waals surface area (Å²) in [7, 11) is 0. The molecule has 0 amide bonds. The molecule has 1 aromatic carbocycles. The van der Waals surface area contributed by atoms with Crippen molar-refractivity contribution in [1.82, 2.24) is 9.97 Å². The molecule has 0 aliphatic carbocycles. The molecule has 5 nitrogen and oxygen atoms in total. The Balaban J connectivity index is 1.88. The molecule has 0 atom stereocenters. The summed E-state index contributed by atoms with van der Waals surface area (Å²) >= 11 is 0. The molecule has 3 aromatic rings. The minimum atomic E-state index is 0.138. The lowest BCUT2D eigenvalue weighted by atomic mass is 10.1. The van der Waals surface area contributed by atoms with Crippen LogP contribution in [0.25, 0.3) is 11.1 Å². The Kier molecular flexibility index (Phi) is 6.15. The van der Waals surface area contributed by atoms with Gasteiger partial charge in [0.05, 0.1) is 6.61 Å². The van der Waals surface area contributed by atoms with E-state index in [4.69, 9.17) is 9.47 Å². The number of ether oxygens (including phenoxy) is 2. The maximum Gasteiger partial charge on any atom is 0.227 e. The van der Waals surface area contributed by atoms with Gasteiger partial charge < -0.3 is 9.47 Å².